The Hall–Kier alpha value is 0.130. The number of hydrogen-bond acceptors (Lipinski definition) is 4. The zero-order valence-electron chi connectivity index (χ0n) is 8.49. The largest absolute Gasteiger partial charge is 0.351 e. The van der Waals surface area contributed by atoms with Crippen LogP contribution in [0.5, 0.6) is 0 Å². The van der Waals surface area contributed by atoms with Gasteiger partial charge in [0.2, 0.25) is 5.91 Å². The number of hydrogen-bond donors (Lipinski definition) is 2. The van der Waals surface area contributed by atoms with E-state index in [1.54, 1.807) is 11.8 Å². The molecular formula is C9H18N2OS2. The fourth-order valence-corrected chi connectivity index (χ4v) is 2.97. The molecule has 0 spiro atoms. The van der Waals surface area contributed by atoms with Crippen LogP contribution >= 0.6 is 23.5 Å². The van der Waals surface area contributed by atoms with Crippen molar-refractivity contribution < 1.29 is 4.79 Å². The summed E-state index contributed by atoms with van der Waals surface area (Å²) in [5.74, 6) is 3.17. The molecule has 82 valence electrons. The monoisotopic (exact) mass is 234 g/mol. The van der Waals surface area contributed by atoms with Gasteiger partial charge in [0, 0.05) is 11.8 Å². The summed E-state index contributed by atoms with van der Waals surface area (Å²) in [6, 6.07) is 0.0286. The molecule has 1 rings (SSSR count). The van der Waals surface area contributed by atoms with Crippen LogP contribution in [0.2, 0.25) is 0 Å². The quantitative estimate of drug-likeness (QED) is 0.735. The van der Waals surface area contributed by atoms with Crippen LogP contribution in [0.15, 0.2) is 0 Å². The van der Waals surface area contributed by atoms with Crippen LogP contribution in [-0.2, 0) is 4.79 Å². The van der Waals surface area contributed by atoms with E-state index in [2.05, 4.69) is 5.32 Å². The predicted octanol–water partition coefficient (Wildman–Crippen LogP) is 0.688. The Balaban J connectivity index is 2.18. The van der Waals surface area contributed by atoms with E-state index in [1.807, 2.05) is 18.0 Å². The van der Waals surface area contributed by atoms with Crippen LogP contribution in [0.25, 0.3) is 0 Å². The molecule has 1 heterocycles. The summed E-state index contributed by atoms with van der Waals surface area (Å²) in [6.45, 7) is 0. The van der Waals surface area contributed by atoms with Gasteiger partial charge >= 0.3 is 0 Å². The van der Waals surface area contributed by atoms with Crippen molar-refractivity contribution >= 4 is 29.4 Å². The Kier molecular flexibility index (Phi) is 5.74. The third kappa shape index (κ3) is 4.11. The van der Waals surface area contributed by atoms with Crippen LogP contribution in [0.4, 0.5) is 0 Å². The van der Waals surface area contributed by atoms with Crippen LogP contribution in [0.3, 0.4) is 0 Å². The second-order valence-corrected chi connectivity index (χ2v) is 5.59. The number of nitrogens with two attached hydrogens (primary N) is 1. The molecule has 5 heteroatoms. The van der Waals surface area contributed by atoms with Gasteiger partial charge in [0.05, 0.1) is 6.04 Å². The molecule has 1 amide bonds. The molecule has 1 saturated heterocycles. The van der Waals surface area contributed by atoms with Crippen molar-refractivity contribution in [2.24, 2.45) is 5.73 Å². The van der Waals surface area contributed by atoms with Crippen molar-refractivity contribution in [2.45, 2.75) is 24.9 Å². The van der Waals surface area contributed by atoms with E-state index in [4.69, 9.17) is 5.73 Å². The molecule has 1 fully saturated rings. The lowest BCUT2D eigenvalue weighted by atomic mass is 10.2. The van der Waals surface area contributed by atoms with Crippen molar-refractivity contribution in [2.75, 3.05) is 23.5 Å². The van der Waals surface area contributed by atoms with Gasteiger partial charge in [-0.1, -0.05) is 0 Å². The van der Waals surface area contributed by atoms with Crippen LogP contribution in [0, 0.1) is 0 Å². The molecular weight excluding hydrogens is 216 g/mol. The maximum absolute atomic E-state index is 11.6. The first-order valence-corrected chi connectivity index (χ1v) is 7.41. The van der Waals surface area contributed by atoms with Gasteiger partial charge in [-0.3, -0.25) is 4.79 Å². The van der Waals surface area contributed by atoms with Crippen LogP contribution < -0.4 is 11.1 Å². The van der Waals surface area contributed by atoms with Crippen molar-refractivity contribution in [3.8, 4) is 0 Å². The first-order valence-electron chi connectivity index (χ1n) is 4.86. The fraction of sp³-hybridized carbons (Fsp3) is 0.889. The Bertz CT molecular complexity index is 184. The molecule has 14 heavy (non-hydrogen) atoms. The zero-order chi connectivity index (χ0) is 10.4. The number of thioether (sulfide) groups is 2. The van der Waals surface area contributed by atoms with Crippen LogP contribution in [-0.4, -0.2) is 41.5 Å². The average Bonchev–Trinajstić information content (AvgIpc) is 2.66. The maximum Gasteiger partial charge on any atom is 0.237 e. The van der Waals surface area contributed by atoms with E-state index in [-0.39, 0.29) is 11.9 Å². The highest BCUT2D eigenvalue weighted by Gasteiger charge is 2.20. The number of amides is 1. The Morgan fingerprint density at radius 1 is 1.79 bits per heavy atom. The normalized spacial score (nSPS) is 23.4. The summed E-state index contributed by atoms with van der Waals surface area (Å²) in [5.41, 5.74) is 5.75. The topological polar surface area (TPSA) is 55.1 Å². The fourth-order valence-electron chi connectivity index (χ4n) is 1.33. The van der Waals surface area contributed by atoms with Gasteiger partial charge in [-0.15, -0.1) is 0 Å². The first kappa shape index (κ1) is 12.2. The summed E-state index contributed by atoms with van der Waals surface area (Å²) in [5, 5.41) is 2.99. The lowest BCUT2D eigenvalue weighted by Crippen LogP contribution is -2.45. The molecule has 0 bridgehead atoms. The van der Waals surface area contributed by atoms with Crippen molar-refractivity contribution in [3.05, 3.63) is 0 Å². The summed E-state index contributed by atoms with van der Waals surface area (Å²) in [4.78, 5) is 11.6. The molecule has 0 saturated carbocycles. The zero-order valence-corrected chi connectivity index (χ0v) is 10.1. The molecule has 3 N–H and O–H groups in total. The van der Waals surface area contributed by atoms with Gasteiger partial charge in [-0.25, -0.2) is 0 Å². The summed E-state index contributed by atoms with van der Waals surface area (Å²) in [7, 11) is 0. The van der Waals surface area contributed by atoms with Gasteiger partial charge < -0.3 is 11.1 Å². The van der Waals surface area contributed by atoms with Crippen LogP contribution in [0.1, 0.15) is 12.8 Å². The molecule has 0 radical (unpaired) electrons. The third-order valence-corrected chi connectivity index (χ3v) is 4.05. The van der Waals surface area contributed by atoms with Gasteiger partial charge in [-0.05, 0) is 30.6 Å². The molecule has 2 atom stereocenters. The minimum atomic E-state index is -0.326. The van der Waals surface area contributed by atoms with E-state index < -0.39 is 0 Å². The van der Waals surface area contributed by atoms with E-state index >= 15 is 0 Å². The highest BCUT2D eigenvalue weighted by molar-refractivity contribution is 7.99. The molecule has 0 aromatic heterocycles. The van der Waals surface area contributed by atoms with E-state index in [0.717, 1.165) is 30.1 Å². The Labute approximate surface area is 94.0 Å². The first-order chi connectivity index (χ1) is 6.74. The van der Waals surface area contributed by atoms with Gasteiger partial charge in [0.25, 0.3) is 0 Å². The number of carbonyl (C=O) groups is 1. The summed E-state index contributed by atoms with van der Waals surface area (Å²) >= 11 is 3.62. The molecule has 1 aliphatic rings. The second kappa shape index (κ2) is 6.58. The van der Waals surface area contributed by atoms with Crippen molar-refractivity contribution in [1.29, 1.82) is 0 Å². The molecule has 3 nitrogen and oxygen atoms in total. The smallest absolute Gasteiger partial charge is 0.237 e. The summed E-state index contributed by atoms with van der Waals surface area (Å²) in [6.07, 6.45) is 3.89. The molecule has 0 aromatic rings. The van der Waals surface area contributed by atoms with E-state index in [9.17, 15) is 4.79 Å². The van der Waals surface area contributed by atoms with Crippen molar-refractivity contribution in [3.63, 3.8) is 0 Å². The van der Waals surface area contributed by atoms with Gasteiger partial charge in [0.15, 0.2) is 0 Å². The van der Waals surface area contributed by atoms with E-state index in [0.29, 0.717) is 6.04 Å². The third-order valence-electron chi connectivity index (χ3n) is 2.25. The van der Waals surface area contributed by atoms with Gasteiger partial charge in [-0.2, -0.15) is 23.5 Å². The maximum atomic E-state index is 11.6. The van der Waals surface area contributed by atoms with Crippen molar-refractivity contribution in [1.82, 2.24) is 5.32 Å². The highest BCUT2D eigenvalue weighted by Crippen LogP contribution is 2.17. The predicted molar refractivity (Wildman–Crippen MR) is 64.8 cm³/mol. The lowest BCUT2D eigenvalue weighted by molar-refractivity contribution is -0.122. The summed E-state index contributed by atoms with van der Waals surface area (Å²) < 4.78 is 0. The molecule has 0 aliphatic carbocycles. The highest BCUT2D eigenvalue weighted by atomic mass is 32.2. The molecule has 0 aromatic carbocycles. The number of nitrogens with one attached hydrogen (secondary N) is 1. The van der Waals surface area contributed by atoms with Gasteiger partial charge in [0.1, 0.15) is 0 Å². The Morgan fingerprint density at radius 2 is 2.57 bits per heavy atom. The number of rotatable bonds is 5. The number of carbonyl (C=O) groups excluding carboxylic acids is 1. The lowest BCUT2D eigenvalue weighted by Gasteiger charge is -2.15. The average molecular weight is 234 g/mol. The minimum absolute atomic E-state index is 0.0200. The minimum Gasteiger partial charge on any atom is -0.351 e. The second-order valence-electron chi connectivity index (χ2n) is 3.46. The SMILES string of the molecule is CSCC[C@H](N)C(=O)NC1CCSC1. The molecule has 1 unspecified atom stereocenters. The standard InChI is InChI=1S/C9H18N2OS2/c1-13-4-3-8(10)9(12)11-7-2-5-14-6-7/h7-8H,2-6,10H2,1H3,(H,11,12)/t7?,8-/m0/s1. The molecule has 1 aliphatic heterocycles. The Morgan fingerprint density at radius 3 is 3.14 bits per heavy atom. The van der Waals surface area contributed by atoms with E-state index in [1.165, 1.54) is 0 Å².